The van der Waals surface area contributed by atoms with Crippen molar-refractivity contribution in [3.63, 3.8) is 0 Å². The normalized spacial score (nSPS) is 16.6. The van der Waals surface area contributed by atoms with Crippen molar-refractivity contribution in [2.45, 2.75) is 23.7 Å². The Balaban J connectivity index is 2.43. The standard InChI is InChI=1S/C12H15NO2S/c13-7-10(12(14)15)9-5-1-3-8-4-2-6-16-11(8)9/h1,3,5,10H,2,4,6-7,13H2,(H,14,15). The molecule has 0 spiro atoms. The number of fused-ring (bicyclic) bond motifs is 1. The van der Waals surface area contributed by atoms with Crippen LogP contribution in [0.1, 0.15) is 23.5 Å². The molecule has 1 unspecified atom stereocenters. The van der Waals surface area contributed by atoms with Crippen LogP contribution in [0.2, 0.25) is 0 Å². The molecule has 3 N–H and O–H groups in total. The van der Waals surface area contributed by atoms with Crippen molar-refractivity contribution >= 4 is 17.7 Å². The first-order valence-electron chi connectivity index (χ1n) is 5.41. The zero-order valence-corrected chi connectivity index (χ0v) is 9.80. The first kappa shape index (κ1) is 11.5. The third-order valence-corrected chi connectivity index (χ3v) is 4.15. The minimum Gasteiger partial charge on any atom is -0.481 e. The molecule has 0 bridgehead atoms. The van der Waals surface area contributed by atoms with E-state index in [0.717, 1.165) is 22.6 Å². The monoisotopic (exact) mass is 237 g/mol. The van der Waals surface area contributed by atoms with E-state index in [1.54, 1.807) is 11.8 Å². The summed E-state index contributed by atoms with van der Waals surface area (Å²) >= 11 is 1.76. The van der Waals surface area contributed by atoms with Gasteiger partial charge in [0.05, 0.1) is 5.92 Å². The number of benzene rings is 1. The fraction of sp³-hybridized carbons (Fsp3) is 0.417. The van der Waals surface area contributed by atoms with Crippen molar-refractivity contribution in [1.82, 2.24) is 0 Å². The van der Waals surface area contributed by atoms with Gasteiger partial charge in [-0.1, -0.05) is 18.2 Å². The average molecular weight is 237 g/mol. The second-order valence-corrected chi connectivity index (χ2v) is 5.02. The maximum atomic E-state index is 11.1. The van der Waals surface area contributed by atoms with Gasteiger partial charge in [-0.05, 0) is 29.7 Å². The number of aryl methyl sites for hydroxylation is 1. The first-order chi connectivity index (χ1) is 7.74. The van der Waals surface area contributed by atoms with E-state index >= 15 is 0 Å². The SMILES string of the molecule is NCC(C(=O)O)c1cccc2c1SCCC2. The molecule has 86 valence electrons. The summed E-state index contributed by atoms with van der Waals surface area (Å²) in [5.41, 5.74) is 7.71. The number of aliphatic carboxylic acids is 1. The lowest BCUT2D eigenvalue weighted by atomic mass is 9.96. The Morgan fingerprint density at radius 3 is 3.06 bits per heavy atom. The van der Waals surface area contributed by atoms with E-state index in [4.69, 9.17) is 10.8 Å². The van der Waals surface area contributed by atoms with E-state index in [-0.39, 0.29) is 6.54 Å². The van der Waals surface area contributed by atoms with Crippen molar-refractivity contribution in [2.24, 2.45) is 5.73 Å². The average Bonchev–Trinajstić information content (AvgIpc) is 2.30. The highest BCUT2D eigenvalue weighted by Crippen LogP contribution is 2.36. The van der Waals surface area contributed by atoms with E-state index < -0.39 is 11.9 Å². The van der Waals surface area contributed by atoms with Gasteiger partial charge in [0, 0.05) is 11.4 Å². The van der Waals surface area contributed by atoms with Gasteiger partial charge in [-0.3, -0.25) is 4.79 Å². The molecule has 16 heavy (non-hydrogen) atoms. The maximum Gasteiger partial charge on any atom is 0.312 e. The smallest absolute Gasteiger partial charge is 0.312 e. The Morgan fingerprint density at radius 2 is 2.38 bits per heavy atom. The van der Waals surface area contributed by atoms with Gasteiger partial charge >= 0.3 is 5.97 Å². The molecule has 0 aromatic heterocycles. The van der Waals surface area contributed by atoms with Gasteiger partial charge in [0.1, 0.15) is 0 Å². The minimum absolute atomic E-state index is 0.159. The van der Waals surface area contributed by atoms with Crippen molar-refractivity contribution in [1.29, 1.82) is 0 Å². The number of thioether (sulfide) groups is 1. The van der Waals surface area contributed by atoms with Crippen LogP contribution in [0.5, 0.6) is 0 Å². The summed E-state index contributed by atoms with van der Waals surface area (Å²) in [6, 6.07) is 5.91. The number of nitrogens with two attached hydrogens (primary N) is 1. The third kappa shape index (κ3) is 2.08. The molecule has 1 atom stereocenters. The van der Waals surface area contributed by atoms with Crippen LogP contribution in [-0.2, 0) is 11.2 Å². The van der Waals surface area contributed by atoms with E-state index in [0.29, 0.717) is 0 Å². The summed E-state index contributed by atoms with van der Waals surface area (Å²) in [7, 11) is 0. The number of carboxylic acids is 1. The Bertz CT molecular complexity index is 406. The number of hydrogen-bond donors (Lipinski definition) is 2. The lowest BCUT2D eigenvalue weighted by Gasteiger charge is -2.21. The lowest BCUT2D eigenvalue weighted by molar-refractivity contribution is -0.138. The molecule has 0 fully saturated rings. The third-order valence-electron chi connectivity index (χ3n) is 2.87. The Kier molecular flexibility index (Phi) is 3.51. The molecule has 2 rings (SSSR count). The topological polar surface area (TPSA) is 63.3 Å². The van der Waals surface area contributed by atoms with Crippen LogP contribution in [0.25, 0.3) is 0 Å². The highest BCUT2D eigenvalue weighted by atomic mass is 32.2. The van der Waals surface area contributed by atoms with Crippen LogP contribution < -0.4 is 5.73 Å². The lowest BCUT2D eigenvalue weighted by Crippen LogP contribution is -2.22. The molecule has 0 saturated heterocycles. The predicted molar refractivity (Wildman–Crippen MR) is 64.9 cm³/mol. The highest BCUT2D eigenvalue weighted by molar-refractivity contribution is 7.99. The summed E-state index contributed by atoms with van der Waals surface area (Å²) in [5.74, 6) is -0.330. The van der Waals surface area contributed by atoms with E-state index in [1.807, 2.05) is 12.1 Å². The molecule has 1 aromatic rings. The molecule has 4 heteroatoms. The summed E-state index contributed by atoms with van der Waals surface area (Å²) < 4.78 is 0. The van der Waals surface area contributed by atoms with Gasteiger partial charge < -0.3 is 10.8 Å². The van der Waals surface area contributed by atoms with Gasteiger partial charge in [0.15, 0.2) is 0 Å². The molecular weight excluding hydrogens is 222 g/mol. The molecule has 1 heterocycles. The molecule has 1 aliphatic rings. The Labute approximate surface area is 99.0 Å². The van der Waals surface area contributed by atoms with E-state index in [2.05, 4.69) is 6.07 Å². The number of rotatable bonds is 3. The summed E-state index contributed by atoms with van der Waals surface area (Å²) in [5, 5.41) is 9.14. The van der Waals surface area contributed by atoms with Crippen LogP contribution >= 0.6 is 11.8 Å². The zero-order valence-electron chi connectivity index (χ0n) is 8.98. The van der Waals surface area contributed by atoms with E-state index in [1.165, 1.54) is 12.0 Å². The van der Waals surface area contributed by atoms with Gasteiger partial charge in [-0.2, -0.15) is 0 Å². The van der Waals surface area contributed by atoms with Crippen LogP contribution in [0, 0.1) is 0 Å². The molecular formula is C12H15NO2S. The van der Waals surface area contributed by atoms with Crippen LogP contribution in [0.3, 0.4) is 0 Å². The van der Waals surface area contributed by atoms with E-state index in [9.17, 15) is 4.79 Å². The molecule has 0 aliphatic carbocycles. The minimum atomic E-state index is -0.831. The summed E-state index contributed by atoms with van der Waals surface area (Å²) in [6.45, 7) is 0.159. The largest absolute Gasteiger partial charge is 0.481 e. The second kappa shape index (κ2) is 4.89. The molecule has 0 radical (unpaired) electrons. The van der Waals surface area contributed by atoms with Gasteiger partial charge in [-0.25, -0.2) is 0 Å². The van der Waals surface area contributed by atoms with Gasteiger partial charge in [0.2, 0.25) is 0 Å². The highest BCUT2D eigenvalue weighted by Gasteiger charge is 2.23. The number of carbonyl (C=O) groups is 1. The fourth-order valence-corrected chi connectivity index (χ4v) is 3.27. The van der Waals surface area contributed by atoms with Crippen molar-refractivity contribution in [3.05, 3.63) is 29.3 Å². The van der Waals surface area contributed by atoms with Gasteiger partial charge in [-0.15, -0.1) is 11.8 Å². The zero-order chi connectivity index (χ0) is 11.5. The molecule has 1 aliphatic heterocycles. The van der Waals surface area contributed by atoms with Crippen molar-refractivity contribution < 1.29 is 9.90 Å². The van der Waals surface area contributed by atoms with Crippen LogP contribution in [0.15, 0.2) is 23.1 Å². The molecule has 0 amide bonds. The van der Waals surface area contributed by atoms with Crippen molar-refractivity contribution in [3.8, 4) is 0 Å². The summed E-state index contributed by atoms with van der Waals surface area (Å²) in [6.07, 6.45) is 2.22. The number of carboxylic acid groups (broad SMARTS) is 1. The Morgan fingerprint density at radius 1 is 1.56 bits per heavy atom. The van der Waals surface area contributed by atoms with Gasteiger partial charge in [0.25, 0.3) is 0 Å². The maximum absolute atomic E-state index is 11.1. The van der Waals surface area contributed by atoms with Crippen LogP contribution in [-0.4, -0.2) is 23.4 Å². The quantitative estimate of drug-likeness (QED) is 0.842. The first-order valence-corrected chi connectivity index (χ1v) is 6.40. The summed E-state index contributed by atoms with van der Waals surface area (Å²) in [4.78, 5) is 12.3. The molecule has 3 nitrogen and oxygen atoms in total. The van der Waals surface area contributed by atoms with Crippen LogP contribution in [0.4, 0.5) is 0 Å². The van der Waals surface area contributed by atoms with Crippen molar-refractivity contribution in [2.75, 3.05) is 12.3 Å². The second-order valence-electron chi connectivity index (χ2n) is 3.91. The predicted octanol–water partition coefficient (Wildman–Crippen LogP) is 1.85. The Hall–Kier alpha value is -1.00. The number of hydrogen-bond acceptors (Lipinski definition) is 3. The molecule has 0 saturated carbocycles. The fourth-order valence-electron chi connectivity index (χ4n) is 2.05. The molecule has 1 aromatic carbocycles.